The molecule has 168 valence electrons. The number of fused-ring (bicyclic) bond motifs is 1. The molecule has 0 saturated carbocycles. The van der Waals surface area contributed by atoms with Gasteiger partial charge in [-0.2, -0.15) is 5.10 Å². The highest BCUT2D eigenvalue weighted by atomic mass is 16.6. The van der Waals surface area contributed by atoms with Gasteiger partial charge in [-0.15, -0.1) is 0 Å². The van der Waals surface area contributed by atoms with Crippen molar-refractivity contribution in [3.8, 4) is 11.5 Å². The van der Waals surface area contributed by atoms with E-state index < -0.39 is 5.60 Å². The molecule has 9 heteroatoms. The predicted octanol–water partition coefficient (Wildman–Crippen LogP) is 2.53. The van der Waals surface area contributed by atoms with Crippen LogP contribution >= 0.6 is 0 Å². The van der Waals surface area contributed by atoms with Gasteiger partial charge in [-0.25, -0.2) is 4.79 Å². The molecule has 0 spiro atoms. The van der Waals surface area contributed by atoms with Gasteiger partial charge in [0.1, 0.15) is 23.7 Å². The normalized spacial score (nSPS) is 13.4. The number of hydrogen-bond acceptors (Lipinski definition) is 6. The number of carbonyl (C=O) groups excluding carboxylic acids is 2. The zero-order valence-corrected chi connectivity index (χ0v) is 18.7. The van der Waals surface area contributed by atoms with Crippen molar-refractivity contribution >= 4 is 12.0 Å². The van der Waals surface area contributed by atoms with Crippen LogP contribution < -0.4 is 14.8 Å². The SMILES string of the molecule is COc1ccc(OCCNC(=O)c2nn(C)c3c2CN(C(=O)OC(C)(C)C)CC3)cc1. The van der Waals surface area contributed by atoms with Crippen molar-refractivity contribution < 1.29 is 23.8 Å². The minimum Gasteiger partial charge on any atom is -0.497 e. The molecule has 2 amide bonds. The summed E-state index contributed by atoms with van der Waals surface area (Å²) in [6, 6.07) is 7.23. The first kappa shape index (κ1) is 22.5. The van der Waals surface area contributed by atoms with Crippen LogP contribution in [0.15, 0.2) is 24.3 Å². The van der Waals surface area contributed by atoms with E-state index in [1.807, 2.05) is 40.0 Å². The molecule has 1 aromatic heterocycles. The van der Waals surface area contributed by atoms with E-state index >= 15 is 0 Å². The number of nitrogens with one attached hydrogen (secondary N) is 1. The Kier molecular flexibility index (Phi) is 6.72. The standard InChI is InChI=1S/C22H30N4O5/c1-22(2,3)31-21(28)26-12-10-18-17(14-26)19(24-25(18)4)20(27)23-11-13-30-16-8-6-15(29-5)7-9-16/h6-9H,10-14H2,1-5H3,(H,23,27). The van der Waals surface area contributed by atoms with Gasteiger partial charge in [0.05, 0.1) is 20.2 Å². The highest BCUT2D eigenvalue weighted by Gasteiger charge is 2.31. The summed E-state index contributed by atoms with van der Waals surface area (Å²) in [5.41, 5.74) is 1.47. The Balaban J connectivity index is 1.58. The number of aromatic nitrogens is 2. The van der Waals surface area contributed by atoms with Crippen molar-refractivity contribution in [2.75, 3.05) is 26.8 Å². The van der Waals surface area contributed by atoms with Crippen LogP contribution in [0.5, 0.6) is 11.5 Å². The molecule has 0 unspecified atom stereocenters. The molecule has 9 nitrogen and oxygen atoms in total. The third-order valence-corrected chi connectivity index (χ3v) is 4.82. The number of carbonyl (C=O) groups is 2. The molecule has 3 rings (SSSR count). The summed E-state index contributed by atoms with van der Waals surface area (Å²) >= 11 is 0. The Labute approximate surface area is 182 Å². The van der Waals surface area contributed by atoms with Crippen molar-refractivity contribution in [1.29, 1.82) is 0 Å². The number of aryl methyl sites for hydroxylation is 1. The minimum absolute atomic E-state index is 0.291. The average Bonchev–Trinajstić information content (AvgIpc) is 3.06. The molecule has 1 aliphatic heterocycles. The van der Waals surface area contributed by atoms with Gasteiger partial charge in [0.2, 0.25) is 0 Å². The Hall–Kier alpha value is -3.23. The lowest BCUT2D eigenvalue weighted by Crippen LogP contribution is -2.40. The highest BCUT2D eigenvalue weighted by Crippen LogP contribution is 2.24. The van der Waals surface area contributed by atoms with Gasteiger partial charge in [-0.3, -0.25) is 9.48 Å². The van der Waals surface area contributed by atoms with Crippen molar-refractivity contribution in [2.24, 2.45) is 7.05 Å². The van der Waals surface area contributed by atoms with Crippen LogP contribution in [0.25, 0.3) is 0 Å². The second-order valence-corrected chi connectivity index (χ2v) is 8.33. The fraction of sp³-hybridized carbons (Fsp3) is 0.500. The van der Waals surface area contributed by atoms with Crippen LogP contribution in [0.3, 0.4) is 0 Å². The third-order valence-electron chi connectivity index (χ3n) is 4.82. The maximum Gasteiger partial charge on any atom is 0.410 e. The molecule has 1 N–H and O–H groups in total. The van der Waals surface area contributed by atoms with E-state index in [1.165, 1.54) is 0 Å². The van der Waals surface area contributed by atoms with Crippen molar-refractivity contribution in [3.63, 3.8) is 0 Å². The molecule has 0 atom stereocenters. The average molecular weight is 431 g/mol. The first-order chi connectivity index (χ1) is 14.7. The van der Waals surface area contributed by atoms with Gasteiger partial charge in [0.15, 0.2) is 5.69 Å². The molecule has 0 saturated heterocycles. The van der Waals surface area contributed by atoms with Crippen molar-refractivity contribution in [2.45, 2.75) is 39.3 Å². The summed E-state index contributed by atoms with van der Waals surface area (Å²) < 4.78 is 17.9. The summed E-state index contributed by atoms with van der Waals surface area (Å²) in [6.45, 7) is 6.95. The van der Waals surface area contributed by atoms with Gasteiger partial charge in [-0.1, -0.05) is 0 Å². The topological polar surface area (TPSA) is 94.9 Å². The Bertz CT molecular complexity index is 931. The lowest BCUT2D eigenvalue weighted by atomic mass is 10.1. The quantitative estimate of drug-likeness (QED) is 0.708. The Morgan fingerprint density at radius 3 is 2.48 bits per heavy atom. The van der Waals surface area contributed by atoms with Crippen LogP contribution in [0, 0.1) is 0 Å². The van der Waals surface area contributed by atoms with E-state index in [1.54, 1.807) is 28.8 Å². The van der Waals surface area contributed by atoms with Crippen molar-refractivity contribution in [3.05, 3.63) is 41.2 Å². The van der Waals surface area contributed by atoms with Crippen LogP contribution in [0.4, 0.5) is 4.79 Å². The van der Waals surface area contributed by atoms with E-state index in [0.29, 0.717) is 44.1 Å². The van der Waals surface area contributed by atoms with Gasteiger partial charge < -0.3 is 24.4 Å². The second kappa shape index (κ2) is 9.28. The second-order valence-electron chi connectivity index (χ2n) is 8.33. The summed E-state index contributed by atoms with van der Waals surface area (Å²) in [7, 11) is 3.42. The van der Waals surface area contributed by atoms with E-state index in [9.17, 15) is 9.59 Å². The third kappa shape index (κ3) is 5.68. The van der Waals surface area contributed by atoms with Crippen LogP contribution in [0.1, 0.15) is 42.5 Å². The molecule has 0 radical (unpaired) electrons. The Morgan fingerprint density at radius 1 is 1.16 bits per heavy atom. The molecule has 0 bridgehead atoms. The molecule has 31 heavy (non-hydrogen) atoms. The summed E-state index contributed by atoms with van der Waals surface area (Å²) in [4.78, 5) is 26.8. The number of hydrogen-bond donors (Lipinski definition) is 1. The van der Waals surface area contributed by atoms with Crippen LogP contribution in [0.2, 0.25) is 0 Å². The molecule has 1 aromatic carbocycles. The Morgan fingerprint density at radius 2 is 1.84 bits per heavy atom. The number of benzene rings is 1. The van der Waals surface area contributed by atoms with Gasteiger partial charge in [0.25, 0.3) is 5.91 Å². The lowest BCUT2D eigenvalue weighted by Gasteiger charge is -2.30. The van der Waals surface area contributed by atoms with Gasteiger partial charge in [-0.05, 0) is 45.0 Å². The predicted molar refractivity (Wildman–Crippen MR) is 114 cm³/mol. The summed E-state index contributed by atoms with van der Waals surface area (Å²) in [5, 5.41) is 7.23. The number of ether oxygens (including phenoxy) is 3. The minimum atomic E-state index is -0.573. The maximum absolute atomic E-state index is 12.7. The van der Waals surface area contributed by atoms with Crippen molar-refractivity contribution in [1.82, 2.24) is 20.0 Å². The highest BCUT2D eigenvalue weighted by molar-refractivity contribution is 5.94. The summed E-state index contributed by atoms with van der Waals surface area (Å²) in [5.74, 6) is 1.15. The molecular weight excluding hydrogens is 400 g/mol. The van der Waals surface area contributed by atoms with Gasteiger partial charge in [0, 0.05) is 31.3 Å². The largest absolute Gasteiger partial charge is 0.497 e. The number of methoxy groups -OCH3 is 1. The monoisotopic (exact) mass is 430 g/mol. The molecule has 2 aromatic rings. The zero-order chi connectivity index (χ0) is 22.6. The maximum atomic E-state index is 12.7. The fourth-order valence-corrected chi connectivity index (χ4v) is 3.35. The van der Waals surface area contributed by atoms with Gasteiger partial charge >= 0.3 is 6.09 Å². The number of amides is 2. The molecule has 0 fully saturated rings. The smallest absolute Gasteiger partial charge is 0.410 e. The van der Waals surface area contributed by atoms with E-state index in [2.05, 4.69) is 10.4 Å². The first-order valence-electron chi connectivity index (χ1n) is 10.3. The summed E-state index contributed by atoms with van der Waals surface area (Å²) in [6.07, 6.45) is 0.229. The molecule has 2 heterocycles. The fourth-order valence-electron chi connectivity index (χ4n) is 3.35. The van der Waals surface area contributed by atoms with Crippen LogP contribution in [-0.4, -0.2) is 59.1 Å². The zero-order valence-electron chi connectivity index (χ0n) is 18.7. The van der Waals surface area contributed by atoms with E-state index in [0.717, 1.165) is 17.0 Å². The number of nitrogens with zero attached hydrogens (tertiary/aromatic N) is 3. The van der Waals surface area contributed by atoms with E-state index in [-0.39, 0.29) is 12.0 Å². The molecule has 0 aliphatic carbocycles. The molecule has 1 aliphatic rings. The van der Waals surface area contributed by atoms with E-state index in [4.69, 9.17) is 14.2 Å². The first-order valence-corrected chi connectivity index (χ1v) is 10.3. The number of rotatable bonds is 6. The van der Waals surface area contributed by atoms with Crippen LogP contribution in [-0.2, 0) is 24.8 Å². The molecular formula is C22H30N4O5. The lowest BCUT2D eigenvalue weighted by molar-refractivity contribution is 0.0221.